The molecule has 0 bridgehead atoms. The second-order valence-corrected chi connectivity index (χ2v) is 7.57. The van der Waals surface area contributed by atoms with E-state index >= 15 is 0 Å². The van der Waals surface area contributed by atoms with Crippen LogP contribution in [0, 0.1) is 0 Å². The number of benzene rings is 1. The molecule has 0 aliphatic carbocycles. The van der Waals surface area contributed by atoms with Gasteiger partial charge in [-0.1, -0.05) is 18.0 Å². The van der Waals surface area contributed by atoms with Crippen molar-refractivity contribution < 1.29 is 17.9 Å². The molecule has 1 aromatic carbocycles. The lowest BCUT2D eigenvalue weighted by atomic mass is 10.0. The molecule has 1 amide bonds. The molecule has 0 spiro atoms. The number of hydrogen-bond acceptors (Lipinski definition) is 4. The van der Waals surface area contributed by atoms with E-state index in [2.05, 4.69) is 5.32 Å². The summed E-state index contributed by atoms with van der Waals surface area (Å²) in [6.45, 7) is 0.375. The zero-order valence-corrected chi connectivity index (χ0v) is 14.1. The summed E-state index contributed by atoms with van der Waals surface area (Å²) in [5.74, 6) is 0.168. The van der Waals surface area contributed by atoms with Crippen LogP contribution >= 0.6 is 11.6 Å². The summed E-state index contributed by atoms with van der Waals surface area (Å²) in [5, 5.41) is 3.10. The third-order valence-corrected chi connectivity index (χ3v) is 5.19. The molecule has 2 rings (SSSR count). The number of nitrogens with one attached hydrogen (secondary N) is 1. The quantitative estimate of drug-likeness (QED) is 0.905. The number of anilines is 1. The first-order chi connectivity index (χ1) is 10.3. The Balaban J connectivity index is 2.15. The highest BCUT2D eigenvalue weighted by Gasteiger charge is 2.34. The zero-order valence-electron chi connectivity index (χ0n) is 12.5. The zero-order chi connectivity index (χ0) is 16.3. The van der Waals surface area contributed by atoms with E-state index in [1.54, 1.807) is 18.2 Å². The van der Waals surface area contributed by atoms with Gasteiger partial charge in [0.1, 0.15) is 11.8 Å². The fourth-order valence-electron chi connectivity index (χ4n) is 2.53. The molecule has 1 aliphatic rings. The highest BCUT2D eigenvalue weighted by molar-refractivity contribution is 7.88. The van der Waals surface area contributed by atoms with Gasteiger partial charge in [0.2, 0.25) is 15.9 Å². The Labute approximate surface area is 135 Å². The van der Waals surface area contributed by atoms with Gasteiger partial charge in [-0.15, -0.1) is 0 Å². The van der Waals surface area contributed by atoms with Gasteiger partial charge in [-0.25, -0.2) is 8.42 Å². The van der Waals surface area contributed by atoms with Crippen molar-refractivity contribution in [3.05, 3.63) is 23.2 Å². The van der Waals surface area contributed by atoms with E-state index in [0.29, 0.717) is 29.4 Å². The van der Waals surface area contributed by atoms with Crippen molar-refractivity contribution in [2.24, 2.45) is 0 Å². The summed E-state index contributed by atoms with van der Waals surface area (Å²) in [4.78, 5) is 12.4. The Morgan fingerprint density at radius 3 is 2.73 bits per heavy atom. The topological polar surface area (TPSA) is 75.7 Å². The molecular weight excluding hydrogens is 328 g/mol. The Morgan fingerprint density at radius 1 is 1.41 bits per heavy atom. The molecule has 0 saturated carbocycles. The summed E-state index contributed by atoms with van der Waals surface area (Å²) < 4.78 is 29.9. The van der Waals surface area contributed by atoms with Crippen LogP contribution in [0.25, 0.3) is 0 Å². The van der Waals surface area contributed by atoms with Crippen molar-refractivity contribution in [3.63, 3.8) is 0 Å². The maximum Gasteiger partial charge on any atom is 0.242 e. The van der Waals surface area contributed by atoms with Gasteiger partial charge >= 0.3 is 0 Å². The Bertz CT molecular complexity index is 663. The molecule has 1 aliphatic heterocycles. The molecule has 6 nitrogen and oxygen atoms in total. The van der Waals surface area contributed by atoms with E-state index in [-0.39, 0.29) is 5.91 Å². The van der Waals surface area contributed by atoms with E-state index in [1.165, 1.54) is 11.4 Å². The average molecular weight is 347 g/mol. The number of carbonyl (C=O) groups excluding carboxylic acids is 1. The minimum Gasteiger partial charge on any atom is -0.495 e. The molecule has 1 fully saturated rings. The number of hydrogen-bond donors (Lipinski definition) is 1. The average Bonchev–Trinajstić information content (AvgIpc) is 2.46. The largest absolute Gasteiger partial charge is 0.495 e. The lowest BCUT2D eigenvalue weighted by Gasteiger charge is -2.32. The van der Waals surface area contributed by atoms with Gasteiger partial charge in [0.25, 0.3) is 0 Å². The third-order valence-electron chi connectivity index (χ3n) is 3.60. The standard InChI is InChI=1S/C14H19ClN2O4S/c1-21-13-7-6-10(9-11(13)15)16-14(18)12-5-3-4-8-17(12)22(2,19)20/h6-7,9,12H,3-5,8H2,1-2H3,(H,16,18)/t12-/m1/s1. The molecule has 1 atom stereocenters. The van der Waals surface area contributed by atoms with Crippen molar-refractivity contribution in [3.8, 4) is 5.75 Å². The summed E-state index contributed by atoms with van der Waals surface area (Å²) in [7, 11) is -1.90. The Morgan fingerprint density at radius 2 is 2.14 bits per heavy atom. The van der Waals surface area contributed by atoms with Crippen LogP contribution in [0.3, 0.4) is 0 Å². The van der Waals surface area contributed by atoms with Crippen molar-refractivity contribution in [2.75, 3.05) is 25.2 Å². The molecule has 1 aromatic rings. The van der Waals surface area contributed by atoms with Crippen LogP contribution in [0.1, 0.15) is 19.3 Å². The third kappa shape index (κ3) is 3.91. The second-order valence-electron chi connectivity index (χ2n) is 5.22. The number of nitrogens with zero attached hydrogens (tertiary/aromatic N) is 1. The summed E-state index contributed by atoms with van der Waals surface area (Å²) in [5.41, 5.74) is 0.509. The summed E-state index contributed by atoms with van der Waals surface area (Å²) >= 11 is 6.02. The highest BCUT2D eigenvalue weighted by atomic mass is 35.5. The number of rotatable bonds is 4. The summed E-state index contributed by atoms with van der Waals surface area (Å²) in [6, 6.07) is 4.21. The minimum atomic E-state index is -3.40. The van der Waals surface area contributed by atoms with Crippen LogP contribution in [-0.4, -0.2) is 44.6 Å². The predicted molar refractivity (Wildman–Crippen MR) is 85.8 cm³/mol. The normalized spacial score (nSPS) is 19.7. The number of ether oxygens (including phenoxy) is 1. The van der Waals surface area contributed by atoms with E-state index in [9.17, 15) is 13.2 Å². The number of piperidine rings is 1. The number of carbonyl (C=O) groups is 1. The SMILES string of the molecule is COc1ccc(NC(=O)[C@H]2CCCCN2S(C)(=O)=O)cc1Cl. The van der Waals surface area contributed by atoms with Crippen molar-refractivity contribution in [2.45, 2.75) is 25.3 Å². The van der Waals surface area contributed by atoms with Gasteiger partial charge in [-0.3, -0.25) is 4.79 Å². The number of halogens is 1. The van der Waals surface area contributed by atoms with Crippen LogP contribution in [0.15, 0.2) is 18.2 Å². The molecule has 1 saturated heterocycles. The van der Waals surface area contributed by atoms with Crippen molar-refractivity contribution in [1.29, 1.82) is 0 Å². The van der Waals surface area contributed by atoms with Crippen molar-refractivity contribution in [1.82, 2.24) is 4.31 Å². The molecule has 8 heteroatoms. The number of methoxy groups -OCH3 is 1. The minimum absolute atomic E-state index is 0.341. The molecule has 122 valence electrons. The fourth-order valence-corrected chi connectivity index (χ4v) is 3.92. The monoisotopic (exact) mass is 346 g/mol. The Kier molecular flexibility index (Phi) is 5.31. The number of amides is 1. The molecule has 0 radical (unpaired) electrons. The molecule has 1 heterocycles. The van der Waals surface area contributed by atoms with Crippen LogP contribution in [0.2, 0.25) is 5.02 Å². The van der Waals surface area contributed by atoms with Crippen LogP contribution < -0.4 is 10.1 Å². The smallest absolute Gasteiger partial charge is 0.242 e. The highest BCUT2D eigenvalue weighted by Crippen LogP contribution is 2.28. The summed E-state index contributed by atoms with van der Waals surface area (Å²) in [6.07, 6.45) is 3.24. The van der Waals surface area contributed by atoms with Crippen LogP contribution in [-0.2, 0) is 14.8 Å². The van der Waals surface area contributed by atoms with Gasteiger partial charge in [-0.2, -0.15) is 4.31 Å². The second kappa shape index (κ2) is 6.85. The van der Waals surface area contributed by atoms with E-state index in [1.807, 2.05) is 0 Å². The molecule has 0 aromatic heterocycles. The van der Waals surface area contributed by atoms with Gasteiger partial charge in [-0.05, 0) is 31.0 Å². The van der Waals surface area contributed by atoms with Gasteiger partial charge in [0.15, 0.2) is 0 Å². The first-order valence-electron chi connectivity index (χ1n) is 6.94. The Hall–Kier alpha value is -1.31. The lowest BCUT2D eigenvalue weighted by molar-refractivity contribution is -0.120. The maximum absolute atomic E-state index is 12.4. The van der Waals surface area contributed by atoms with E-state index < -0.39 is 16.1 Å². The molecule has 0 unspecified atom stereocenters. The van der Waals surface area contributed by atoms with Gasteiger partial charge in [0.05, 0.1) is 18.4 Å². The molecule has 22 heavy (non-hydrogen) atoms. The van der Waals surface area contributed by atoms with Crippen LogP contribution in [0.5, 0.6) is 5.75 Å². The van der Waals surface area contributed by atoms with Gasteiger partial charge < -0.3 is 10.1 Å². The van der Waals surface area contributed by atoms with Crippen LogP contribution in [0.4, 0.5) is 5.69 Å². The van der Waals surface area contributed by atoms with Gasteiger partial charge in [0, 0.05) is 12.2 Å². The first kappa shape index (κ1) is 17.1. The molecular formula is C14H19ClN2O4S. The van der Waals surface area contributed by atoms with E-state index in [4.69, 9.17) is 16.3 Å². The van der Waals surface area contributed by atoms with E-state index in [0.717, 1.165) is 19.1 Å². The lowest BCUT2D eigenvalue weighted by Crippen LogP contribution is -2.49. The fraction of sp³-hybridized carbons (Fsp3) is 0.500. The maximum atomic E-state index is 12.4. The van der Waals surface area contributed by atoms with Crippen molar-refractivity contribution >= 4 is 33.2 Å². The number of sulfonamides is 1. The predicted octanol–water partition coefficient (Wildman–Crippen LogP) is 2.10. The first-order valence-corrected chi connectivity index (χ1v) is 9.17. The molecule has 1 N–H and O–H groups in total.